The topological polar surface area (TPSA) is 91.5 Å². The van der Waals surface area contributed by atoms with Gasteiger partial charge in [-0.3, -0.25) is 9.69 Å². The Morgan fingerprint density at radius 1 is 1.40 bits per heavy atom. The first kappa shape index (κ1) is 14.9. The summed E-state index contributed by atoms with van der Waals surface area (Å²) in [5.41, 5.74) is -0.970. The van der Waals surface area contributed by atoms with E-state index in [0.717, 1.165) is 19.5 Å². The highest BCUT2D eigenvalue weighted by Gasteiger charge is 2.47. The van der Waals surface area contributed by atoms with Crippen molar-refractivity contribution in [2.45, 2.75) is 38.8 Å². The number of aliphatic hydroxyl groups is 1. The van der Waals surface area contributed by atoms with Gasteiger partial charge in [0.1, 0.15) is 12.7 Å². The Kier molecular flexibility index (Phi) is 4.72. The number of carboxylic acids is 1. The minimum Gasteiger partial charge on any atom is -0.481 e. The van der Waals surface area contributed by atoms with E-state index in [9.17, 15) is 15.0 Å². The maximum atomic E-state index is 11.5. The molecule has 2 atom stereocenters. The van der Waals surface area contributed by atoms with Gasteiger partial charge >= 0.3 is 5.97 Å². The molecular weight excluding hydrogens is 260 g/mol. The summed E-state index contributed by atoms with van der Waals surface area (Å²) >= 11 is 0. The van der Waals surface area contributed by atoms with Crippen LogP contribution in [-0.2, 0) is 11.3 Å². The molecule has 2 heterocycles. The van der Waals surface area contributed by atoms with Crippen LogP contribution in [-0.4, -0.2) is 61.6 Å². The average molecular weight is 282 g/mol. The number of hydrogen-bond acceptors (Lipinski definition) is 5. The molecule has 0 aliphatic carbocycles. The Morgan fingerprint density at radius 3 is 2.65 bits per heavy atom. The van der Waals surface area contributed by atoms with Gasteiger partial charge in [0.2, 0.25) is 0 Å². The van der Waals surface area contributed by atoms with E-state index >= 15 is 0 Å². The number of carboxylic acid groups (broad SMARTS) is 1. The van der Waals surface area contributed by atoms with Crippen molar-refractivity contribution in [2.24, 2.45) is 5.41 Å². The smallest absolute Gasteiger partial charge is 0.312 e. The number of carbonyl (C=O) groups is 1. The van der Waals surface area contributed by atoms with Crippen molar-refractivity contribution in [3.8, 4) is 0 Å². The van der Waals surface area contributed by atoms with Crippen molar-refractivity contribution in [3.05, 3.63) is 12.7 Å². The number of β-amino-alcohol motifs (C(OH)–C–C–N with tert-alkyl or cyclic N) is 1. The molecule has 2 rings (SSSR count). The first-order valence-corrected chi connectivity index (χ1v) is 7.04. The number of nitrogens with zero attached hydrogens (tertiary/aromatic N) is 4. The van der Waals surface area contributed by atoms with Crippen LogP contribution in [0.5, 0.6) is 0 Å². The van der Waals surface area contributed by atoms with Crippen LogP contribution < -0.4 is 0 Å². The van der Waals surface area contributed by atoms with Gasteiger partial charge in [0.15, 0.2) is 0 Å². The molecule has 0 bridgehead atoms. The normalized spacial score (nSPS) is 27.6. The van der Waals surface area contributed by atoms with Gasteiger partial charge in [0.05, 0.1) is 11.5 Å². The summed E-state index contributed by atoms with van der Waals surface area (Å²) in [5, 5.41) is 27.2. The molecule has 0 saturated carbocycles. The first-order chi connectivity index (χ1) is 9.58. The van der Waals surface area contributed by atoms with Gasteiger partial charge < -0.3 is 14.8 Å². The third kappa shape index (κ3) is 2.99. The lowest BCUT2D eigenvalue weighted by molar-refractivity contribution is -0.163. The fourth-order valence-electron chi connectivity index (χ4n) is 2.93. The summed E-state index contributed by atoms with van der Waals surface area (Å²) in [6.45, 7) is 4.57. The Balaban J connectivity index is 1.92. The number of aliphatic carboxylic acids is 1. The van der Waals surface area contributed by atoms with Crippen LogP contribution in [0.1, 0.15) is 26.2 Å². The molecule has 20 heavy (non-hydrogen) atoms. The third-order valence-corrected chi connectivity index (χ3v) is 4.21. The second-order valence-corrected chi connectivity index (χ2v) is 5.48. The zero-order valence-electron chi connectivity index (χ0n) is 11.8. The van der Waals surface area contributed by atoms with E-state index in [-0.39, 0.29) is 0 Å². The Labute approximate surface area is 118 Å². The fourth-order valence-corrected chi connectivity index (χ4v) is 2.93. The molecule has 7 heteroatoms. The summed E-state index contributed by atoms with van der Waals surface area (Å²) in [5.74, 6) is -0.870. The second kappa shape index (κ2) is 6.32. The molecule has 1 saturated heterocycles. The van der Waals surface area contributed by atoms with E-state index in [1.165, 1.54) is 0 Å². The summed E-state index contributed by atoms with van der Waals surface area (Å²) in [6.07, 6.45) is 4.29. The molecule has 1 aromatic heterocycles. The van der Waals surface area contributed by atoms with Crippen LogP contribution in [0.2, 0.25) is 0 Å². The van der Waals surface area contributed by atoms with Crippen LogP contribution in [0.15, 0.2) is 12.7 Å². The first-order valence-electron chi connectivity index (χ1n) is 7.04. The number of piperidine rings is 1. The van der Waals surface area contributed by atoms with E-state index in [4.69, 9.17) is 0 Å². The molecule has 0 unspecified atom stereocenters. The molecule has 112 valence electrons. The lowest BCUT2D eigenvalue weighted by atomic mass is 9.73. The molecule has 0 spiro atoms. The second-order valence-electron chi connectivity index (χ2n) is 5.48. The highest BCUT2D eigenvalue weighted by atomic mass is 16.4. The van der Waals surface area contributed by atoms with Crippen LogP contribution >= 0.6 is 0 Å². The zero-order valence-corrected chi connectivity index (χ0v) is 11.8. The van der Waals surface area contributed by atoms with Crippen LogP contribution in [0.4, 0.5) is 0 Å². The molecule has 0 radical (unpaired) electrons. The lowest BCUT2D eigenvalue weighted by Crippen LogP contribution is -2.55. The molecule has 1 aliphatic rings. The molecular formula is C13H22N4O3. The largest absolute Gasteiger partial charge is 0.481 e. The number of rotatable bonds is 6. The van der Waals surface area contributed by atoms with Crippen LogP contribution in [0.25, 0.3) is 0 Å². The van der Waals surface area contributed by atoms with Crippen molar-refractivity contribution < 1.29 is 15.0 Å². The average Bonchev–Trinajstić information content (AvgIpc) is 2.92. The molecule has 1 fully saturated rings. The van der Waals surface area contributed by atoms with E-state index < -0.39 is 17.5 Å². The molecule has 1 aliphatic heterocycles. The Bertz CT molecular complexity index is 437. The number of aromatic nitrogens is 3. The number of aliphatic hydroxyl groups excluding tert-OH is 1. The van der Waals surface area contributed by atoms with Crippen molar-refractivity contribution in [1.29, 1.82) is 0 Å². The molecule has 0 aromatic carbocycles. The molecule has 0 amide bonds. The van der Waals surface area contributed by atoms with E-state index in [1.54, 1.807) is 12.7 Å². The minimum absolute atomic E-state index is 0.411. The van der Waals surface area contributed by atoms with Gasteiger partial charge in [-0.1, -0.05) is 13.3 Å². The van der Waals surface area contributed by atoms with Crippen molar-refractivity contribution in [2.75, 3.05) is 19.6 Å². The summed E-state index contributed by atoms with van der Waals surface area (Å²) in [6, 6.07) is 0. The summed E-state index contributed by atoms with van der Waals surface area (Å²) in [7, 11) is 0. The zero-order chi connectivity index (χ0) is 14.6. The predicted molar refractivity (Wildman–Crippen MR) is 72.1 cm³/mol. The number of likely N-dealkylation sites (tertiary alicyclic amines) is 1. The van der Waals surface area contributed by atoms with Gasteiger partial charge in [-0.05, 0) is 19.4 Å². The molecule has 7 nitrogen and oxygen atoms in total. The van der Waals surface area contributed by atoms with Gasteiger partial charge in [0.25, 0.3) is 0 Å². The van der Waals surface area contributed by atoms with Crippen LogP contribution in [0, 0.1) is 5.41 Å². The quantitative estimate of drug-likeness (QED) is 0.775. The van der Waals surface area contributed by atoms with E-state index in [2.05, 4.69) is 15.1 Å². The molecule has 2 N–H and O–H groups in total. The standard InChI is InChI=1S/C13H22N4O3/c1-2-3-13(12(19)20)4-5-16(8-11(13)18)6-7-17-9-14-15-10-17/h9-11,18H,2-8H2,1H3,(H,19,20)/t11-,13+/m1/s1. The van der Waals surface area contributed by atoms with Crippen molar-refractivity contribution >= 4 is 5.97 Å². The third-order valence-electron chi connectivity index (χ3n) is 4.21. The predicted octanol–water partition coefficient (Wildman–Crippen LogP) is 0.216. The van der Waals surface area contributed by atoms with Crippen molar-refractivity contribution in [1.82, 2.24) is 19.7 Å². The summed E-state index contributed by atoms with van der Waals surface area (Å²) in [4.78, 5) is 13.6. The van der Waals surface area contributed by atoms with Gasteiger partial charge in [-0.15, -0.1) is 10.2 Å². The maximum absolute atomic E-state index is 11.5. The Morgan fingerprint density at radius 2 is 2.10 bits per heavy atom. The van der Waals surface area contributed by atoms with Crippen molar-refractivity contribution in [3.63, 3.8) is 0 Å². The Hall–Kier alpha value is -1.47. The lowest BCUT2D eigenvalue weighted by Gasteiger charge is -2.42. The minimum atomic E-state index is -0.970. The van der Waals surface area contributed by atoms with Gasteiger partial charge in [-0.2, -0.15) is 0 Å². The van der Waals surface area contributed by atoms with E-state index in [1.807, 2.05) is 11.5 Å². The maximum Gasteiger partial charge on any atom is 0.312 e. The fraction of sp³-hybridized carbons (Fsp3) is 0.769. The van der Waals surface area contributed by atoms with Gasteiger partial charge in [0, 0.05) is 19.6 Å². The molecule has 1 aromatic rings. The summed E-state index contributed by atoms with van der Waals surface area (Å²) < 4.78 is 1.87. The highest BCUT2D eigenvalue weighted by Crippen LogP contribution is 2.36. The monoisotopic (exact) mass is 282 g/mol. The van der Waals surface area contributed by atoms with E-state index in [0.29, 0.717) is 25.9 Å². The van der Waals surface area contributed by atoms with Gasteiger partial charge in [-0.25, -0.2) is 0 Å². The highest BCUT2D eigenvalue weighted by molar-refractivity contribution is 5.75. The SMILES string of the molecule is CCC[C@]1(C(=O)O)CCN(CCn2cnnc2)C[C@H]1O. The van der Waals surface area contributed by atoms with Crippen LogP contribution in [0.3, 0.4) is 0 Å². The number of hydrogen-bond donors (Lipinski definition) is 2.